The Morgan fingerprint density at radius 2 is 1.89 bits per heavy atom. The number of nitrogens with one attached hydrogen (secondary N) is 1. The molecule has 1 aliphatic rings. The van der Waals surface area contributed by atoms with Crippen LogP contribution in [0.3, 0.4) is 0 Å². The minimum Gasteiger partial charge on any atom is -0.490 e. The van der Waals surface area contributed by atoms with E-state index in [1.165, 1.54) is 12.4 Å². The van der Waals surface area contributed by atoms with Gasteiger partial charge in [0.25, 0.3) is 11.5 Å². The average molecular weight is 532 g/mol. The maximum absolute atomic E-state index is 13.3. The number of ether oxygens (including phenoxy) is 3. The van der Waals surface area contributed by atoms with Gasteiger partial charge in [0.2, 0.25) is 0 Å². The van der Waals surface area contributed by atoms with Crippen LogP contribution in [-0.4, -0.2) is 45.5 Å². The van der Waals surface area contributed by atoms with E-state index in [0.29, 0.717) is 52.2 Å². The predicted molar refractivity (Wildman–Crippen MR) is 142 cm³/mol. The number of hydrogen-bond donors (Lipinski definition) is 1. The maximum atomic E-state index is 13.3. The van der Waals surface area contributed by atoms with Crippen molar-refractivity contribution in [2.45, 2.75) is 13.0 Å². The number of aromatic nitrogens is 4. The zero-order valence-electron chi connectivity index (χ0n) is 20.3. The molecule has 11 heteroatoms. The van der Waals surface area contributed by atoms with Gasteiger partial charge in [0.15, 0.2) is 17.1 Å². The van der Waals surface area contributed by atoms with Crippen molar-refractivity contribution < 1.29 is 19.0 Å². The lowest BCUT2D eigenvalue weighted by atomic mass is 10.1. The lowest BCUT2D eigenvalue weighted by Gasteiger charge is -2.12. The molecule has 0 atom stereocenters. The first kappa shape index (κ1) is 24.0. The number of benzene rings is 2. The summed E-state index contributed by atoms with van der Waals surface area (Å²) in [5, 5.41) is 5.59. The lowest BCUT2D eigenvalue weighted by Crippen LogP contribution is -2.33. The SMILES string of the molecule is COCc1nn2c(ncc3c(=O)n(NC(=O)c4ccc5c(c4)OCCCO5)ccc32)c1-c1ccc(Cl)cc1. The van der Waals surface area contributed by atoms with Crippen LogP contribution in [0.2, 0.25) is 5.02 Å². The van der Waals surface area contributed by atoms with E-state index in [2.05, 4.69) is 10.4 Å². The summed E-state index contributed by atoms with van der Waals surface area (Å²) in [4.78, 5) is 30.9. The van der Waals surface area contributed by atoms with Crippen molar-refractivity contribution in [2.24, 2.45) is 0 Å². The molecule has 0 saturated heterocycles. The van der Waals surface area contributed by atoms with Crippen LogP contribution in [0.4, 0.5) is 0 Å². The van der Waals surface area contributed by atoms with Crippen LogP contribution in [0.25, 0.3) is 27.7 Å². The molecule has 0 bridgehead atoms. The second-order valence-corrected chi connectivity index (χ2v) is 9.13. The van der Waals surface area contributed by atoms with E-state index in [9.17, 15) is 9.59 Å². The van der Waals surface area contributed by atoms with E-state index in [0.717, 1.165) is 22.2 Å². The summed E-state index contributed by atoms with van der Waals surface area (Å²) in [5.74, 6) is 0.610. The first-order valence-corrected chi connectivity index (χ1v) is 12.3. The Morgan fingerprint density at radius 1 is 1.11 bits per heavy atom. The second kappa shape index (κ2) is 9.81. The normalized spacial score (nSPS) is 13.0. The van der Waals surface area contributed by atoms with Crippen molar-refractivity contribution >= 4 is 34.1 Å². The molecule has 1 N–H and O–H groups in total. The minimum absolute atomic E-state index is 0.255. The molecule has 0 unspecified atom stereocenters. The van der Waals surface area contributed by atoms with Crippen molar-refractivity contribution in [3.63, 3.8) is 0 Å². The Balaban J connectivity index is 1.38. The standard InChI is InChI=1S/C27H22ClN5O5/c1-36-15-20-24(16-3-6-18(28)7-4-16)25-29-14-19-21(33(25)30-20)9-10-32(27(19)35)31-26(34)17-5-8-22-23(13-17)38-12-2-11-37-22/h3-10,13-14H,2,11-12,15H2,1H3,(H,31,34). The molecule has 10 nitrogen and oxygen atoms in total. The van der Waals surface area contributed by atoms with E-state index >= 15 is 0 Å². The van der Waals surface area contributed by atoms with Gasteiger partial charge in [-0.2, -0.15) is 5.10 Å². The maximum Gasteiger partial charge on any atom is 0.280 e. The Labute approximate surface area is 221 Å². The van der Waals surface area contributed by atoms with Gasteiger partial charge in [0, 0.05) is 36.5 Å². The summed E-state index contributed by atoms with van der Waals surface area (Å²) >= 11 is 6.08. The highest BCUT2D eigenvalue weighted by Gasteiger charge is 2.20. The van der Waals surface area contributed by atoms with Gasteiger partial charge in [0.1, 0.15) is 0 Å². The Morgan fingerprint density at radius 3 is 2.68 bits per heavy atom. The fraction of sp³-hybridized carbons (Fsp3) is 0.185. The molecule has 1 aliphatic heterocycles. The number of carbonyl (C=O) groups is 1. The zero-order chi connectivity index (χ0) is 26.2. The highest BCUT2D eigenvalue weighted by atomic mass is 35.5. The summed E-state index contributed by atoms with van der Waals surface area (Å²) in [7, 11) is 1.59. The number of halogens is 1. The van der Waals surface area contributed by atoms with Crippen LogP contribution in [0.5, 0.6) is 11.5 Å². The van der Waals surface area contributed by atoms with Crippen molar-refractivity contribution in [1.82, 2.24) is 19.3 Å². The average Bonchev–Trinajstić information content (AvgIpc) is 3.12. The van der Waals surface area contributed by atoms with Crippen molar-refractivity contribution in [3.05, 3.63) is 87.6 Å². The third-order valence-electron chi connectivity index (χ3n) is 6.23. The van der Waals surface area contributed by atoms with E-state index in [4.69, 9.17) is 30.9 Å². The Bertz CT molecular complexity index is 1750. The van der Waals surface area contributed by atoms with Crippen molar-refractivity contribution in [2.75, 3.05) is 25.7 Å². The molecule has 3 aromatic heterocycles. The highest BCUT2D eigenvalue weighted by molar-refractivity contribution is 6.30. The van der Waals surface area contributed by atoms with Gasteiger partial charge in [-0.1, -0.05) is 23.7 Å². The third-order valence-corrected chi connectivity index (χ3v) is 6.48. The van der Waals surface area contributed by atoms with Gasteiger partial charge in [-0.25, -0.2) is 14.2 Å². The molecule has 0 aliphatic carbocycles. The number of fused-ring (bicyclic) bond motifs is 4. The second-order valence-electron chi connectivity index (χ2n) is 8.70. The summed E-state index contributed by atoms with van der Waals surface area (Å²) < 4.78 is 19.4. The van der Waals surface area contributed by atoms with E-state index in [-0.39, 0.29) is 12.0 Å². The molecular formula is C27H22ClN5O5. The van der Waals surface area contributed by atoms with E-state index in [1.807, 2.05) is 12.1 Å². The van der Waals surface area contributed by atoms with Crippen LogP contribution < -0.4 is 20.5 Å². The van der Waals surface area contributed by atoms with Gasteiger partial charge in [-0.15, -0.1) is 0 Å². The Kier molecular flexibility index (Phi) is 6.18. The Hall–Kier alpha value is -4.41. The molecule has 0 saturated carbocycles. The first-order valence-electron chi connectivity index (χ1n) is 11.9. The number of hydrogen-bond acceptors (Lipinski definition) is 7. The third kappa shape index (κ3) is 4.23. The summed E-state index contributed by atoms with van der Waals surface area (Å²) in [5.41, 5.74) is 5.96. The lowest BCUT2D eigenvalue weighted by molar-refractivity contribution is 0.101. The fourth-order valence-corrected chi connectivity index (χ4v) is 4.56. The largest absolute Gasteiger partial charge is 0.490 e. The molecule has 5 aromatic rings. The smallest absolute Gasteiger partial charge is 0.280 e. The van der Waals surface area contributed by atoms with Gasteiger partial charge >= 0.3 is 0 Å². The molecule has 1 amide bonds. The van der Waals surface area contributed by atoms with Crippen molar-refractivity contribution in [3.8, 4) is 22.6 Å². The van der Waals surface area contributed by atoms with Gasteiger partial charge in [-0.05, 0) is 42.0 Å². The van der Waals surface area contributed by atoms with Crippen LogP contribution >= 0.6 is 11.6 Å². The fourth-order valence-electron chi connectivity index (χ4n) is 4.43. The van der Waals surface area contributed by atoms with Gasteiger partial charge in [-0.3, -0.25) is 15.0 Å². The van der Waals surface area contributed by atoms with E-state index in [1.54, 1.807) is 48.0 Å². The monoisotopic (exact) mass is 531 g/mol. The van der Waals surface area contributed by atoms with Gasteiger partial charge < -0.3 is 14.2 Å². The number of rotatable bonds is 5. The topological polar surface area (TPSA) is 109 Å². The quantitative estimate of drug-likeness (QED) is 0.364. The van der Waals surface area contributed by atoms with Crippen molar-refractivity contribution in [1.29, 1.82) is 0 Å². The molecule has 0 radical (unpaired) electrons. The molecular weight excluding hydrogens is 510 g/mol. The van der Waals surface area contributed by atoms with Gasteiger partial charge in [0.05, 0.1) is 42.0 Å². The number of amides is 1. The minimum atomic E-state index is -0.470. The molecule has 192 valence electrons. The van der Waals surface area contributed by atoms with Crippen LogP contribution in [0.1, 0.15) is 22.5 Å². The number of methoxy groups -OCH3 is 1. The highest BCUT2D eigenvalue weighted by Crippen LogP contribution is 2.31. The molecule has 6 rings (SSSR count). The first-order chi connectivity index (χ1) is 18.5. The van der Waals surface area contributed by atoms with E-state index < -0.39 is 11.5 Å². The number of nitrogens with zero attached hydrogens (tertiary/aromatic N) is 4. The summed E-state index contributed by atoms with van der Waals surface area (Å²) in [6.07, 6.45) is 3.74. The summed E-state index contributed by atoms with van der Waals surface area (Å²) in [6.45, 7) is 1.31. The van der Waals surface area contributed by atoms with Crippen LogP contribution in [-0.2, 0) is 11.3 Å². The molecule has 38 heavy (non-hydrogen) atoms. The predicted octanol–water partition coefficient (Wildman–Crippen LogP) is 4.06. The molecule has 4 heterocycles. The number of pyridine rings is 1. The summed E-state index contributed by atoms with van der Waals surface area (Å²) in [6, 6.07) is 14.0. The van der Waals surface area contributed by atoms with Crippen LogP contribution in [0, 0.1) is 0 Å². The number of carbonyl (C=O) groups excluding carboxylic acids is 1. The van der Waals surface area contributed by atoms with Crippen LogP contribution in [0.15, 0.2) is 65.7 Å². The molecule has 2 aromatic carbocycles. The zero-order valence-corrected chi connectivity index (χ0v) is 21.1. The molecule has 0 fully saturated rings. The molecule has 0 spiro atoms.